The minimum atomic E-state index is -0.614. The second-order valence-corrected chi connectivity index (χ2v) is 7.50. The van der Waals surface area contributed by atoms with Crippen molar-refractivity contribution in [3.8, 4) is 0 Å². The quantitative estimate of drug-likeness (QED) is 0.559. The number of hydrogen-bond donors (Lipinski definition) is 0. The second kappa shape index (κ2) is 9.07. The third-order valence-corrected chi connectivity index (χ3v) is 5.48. The van der Waals surface area contributed by atoms with Gasteiger partial charge in [0, 0.05) is 24.5 Å². The zero-order valence-electron chi connectivity index (χ0n) is 15.4. The van der Waals surface area contributed by atoms with Gasteiger partial charge in [0.1, 0.15) is 18.3 Å². The van der Waals surface area contributed by atoms with Gasteiger partial charge in [0.05, 0.1) is 13.2 Å². The van der Waals surface area contributed by atoms with E-state index in [0.717, 1.165) is 23.2 Å². The molecule has 2 saturated heterocycles. The highest BCUT2D eigenvalue weighted by molar-refractivity contribution is 7.95. The summed E-state index contributed by atoms with van der Waals surface area (Å²) in [7, 11) is 0. The van der Waals surface area contributed by atoms with Gasteiger partial charge in [-0.1, -0.05) is 60.7 Å². The lowest BCUT2D eigenvalue weighted by Gasteiger charge is -2.44. The number of rotatable bonds is 5. The van der Waals surface area contributed by atoms with E-state index in [2.05, 4.69) is 0 Å². The summed E-state index contributed by atoms with van der Waals surface area (Å²) in [4.78, 5) is 11.6. The highest BCUT2D eigenvalue weighted by Gasteiger charge is 2.48. The number of ether oxygens (including phenoxy) is 4. The molecule has 3 unspecified atom stereocenters. The molecule has 4 rings (SSSR count). The summed E-state index contributed by atoms with van der Waals surface area (Å²) >= 11 is 1.09. The van der Waals surface area contributed by atoms with Crippen molar-refractivity contribution >= 4 is 18.0 Å². The molecule has 148 valence electrons. The average Bonchev–Trinajstić information content (AvgIpc) is 2.73. The van der Waals surface area contributed by atoms with Crippen molar-refractivity contribution in [3.05, 3.63) is 71.8 Å². The summed E-state index contributed by atoms with van der Waals surface area (Å²) in [6.45, 7) is 2.13. The normalized spacial score (nSPS) is 29.7. The van der Waals surface area contributed by atoms with Crippen LogP contribution in [0, 0.1) is 0 Å². The predicted octanol–water partition coefficient (Wildman–Crippen LogP) is 3.62. The first-order valence-electron chi connectivity index (χ1n) is 9.17. The molecule has 0 aliphatic carbocycles. The molecule has 7 heteroatoms. The molecule has 0 spiro atoms. The summed E-state index contributed by atoms with van der Waals surface area (Å²) in [5.74, 6) is -0.389. The van der Waals surface area contributed by atoms with E-state index in [1.54, 1.807) is 0 Å². The van der Waals surface area contributed by atoms with E-state index < -0.39 is 23.9 Å². The third-order valence-electron chi connectivity index (χ3n) is 4.56. The van der Waals surface area contributed by atoms with Crippen LogP contribution in [-0.2, 0) is 34.5 Å². The molecule has 0 saturated carbocycles. The van der Waals surface area contributed by atoms with E-state index >= 15 is 0 Å². The Hall–Kier alpha value is -1.90. The Morgan fingerprint density at radius 3 is 2.54 bits per heavy atom. The van der Waals surface area contributed by atoms with Gasteiger partial charge in [-0.25, -0.2) is 0 Å². The zero-order valence-corrected chi connectivity index (χ0v) is 16.2. The molecule has 0 radical (unpaired) electrons. The van der Waals surface area contributed by atoms with Crippen molar-refractivity contribution < 1.29 is 27.9 Å². The predicted molar refractivity (Wildman–Crippen MR) is 103 cm³/mol. The van der Waals surface area contributed by atoms with Crippen LogP contribution >= 0.6 is 12.0 Å². The Bertz CT molecular complexity index is 771. The molecular weight excluding hydrogens is 380 g/mol. The first-order chi connectivity index (χ1) is 13.7. The number of carbonyl (C=O) groups is 1. The Balaban J connectivity index is 1.52. The van der Waals surface area contributed by atoms with Crippen LogP contribution in [0.5, 0.6) is 0 Å². The van der Waals surface area contributed by atoms with Gasteiger partial charge in [-0.15, -0.1) is 0 Å². The average molecular weight is 402 g/mol. The van der Waals surface area contributed by atoms with Gasteiger partial charge in [0.2, 0.25) is 5.44 Å². The molecule has 0 amide bonds. The lowest BCUT2D eigenvalue weighted by Crippen LogP contribution is -2.56. The molecular formula is C21H22O6S. The van der Waals surface area contributed by atoms with Crippen molar-refractivity contribution in [2.45, 2.75) is 43.6 Å². The van der Waals surface area contributed by atoms with Gasteiger partial charge in [-0.3, -0.25) is 4.79 Å². The number of fused-ring (bicyclic) bond motifs is 1. The number of esters is 1. The van der Waals surface area contributed by atoms with Crippen molar-refractivity contribution in [3.63, 3.8) is 0 Å². The van der Waals surface area contributed by atoms with Crippen LogP contribution < -0.4 is 0 Å². The van der Waals surface area contributed by atoms with E-state index in [1.807, 2.05) is 60.7 Å². The van der Waals surface area contributed by atoms with Gasteiger partial charge in [0.25, 0.3) is 0 Å². The molecule has 2 aliphatic rings. The first-order valence-corrected chi connectivity index (χ1v) is 9.98. The SMILES string of the molecule is CC(=O)O[C@@H]1SOC2COC(c3ccccc3)O[C@H]2C1OCc1ccccc1. The Kier molecular flexibility index (Phi) is 6.29. The van der Waals surface area contributed by atoms with Crippen LogP contribution in [0.25, 0.3) is 0 Å². The maximum atomic E-state index is 11.6. The summed E-state index contributed by atoms with van der Waals surface area (Å²) < 4.78 is 29.4. The van der Waals surface area contributed by atoms with Gasteiger partial charge >= 0.3 is 5.97 Å². The van der Waals surface area contributed by atoms with Crippen molar-refractivity contribution in [1.82, 2.24) is 0 Å². The van der Waals surface area contributed by atoms with Gasteiger partial charge < -0.3 is 23.1 Å². The van der Waals surface area contributed by atoms with E-state index in [4.69, 9.17) is 23.1 Å². The fourth-order valence-electron chi connectivity index (χ4n) is 3.23. The summed E-state index contributed by atoms with van der Waals surface area (Å²) in [5.41, 5.74) is 1.34. The van der Waals surface area contributed by atoms with Crippen LogP contribution in [0.1, 0.15) is 24.3 Å². The van der Waals surface area contributed by atoms with E-state index in [-0.39, 0.29) is 12.1 Å². The lowest BCUT2D eigenvalue weighted by atomic mass is 10.1. The molecule has 28 heavy (non-hydrogen) atoms. The molecule has 6 nitrogen and oxygen atoms in total. The third kappa shape index (κ3) is 4.56. The van der Waals surface area contributed by atoms with Crippen molar-refractivity contribution in [2.24, 2.45) is 0 Å². The molecule has 2 heterocycles. The van der Waals surface area contributed by atoms with Crippen LogP contribution in [0.2, 0.25) is 0 Å². The molecule has 2 fully saturated rings. The molecule has 2 aliphatic heterocycles. The summed E-state index contributed by atoms with van der Waals surface area (Å²) in [6, 6.07) is 19.6. The minimum absolute atomic E-state index is 0.308. The van der Waals surface area contributed by atoms with Gasteiger partial charge in [0.15, 0.2) is 6.29 Å². The van der Waals surface area contributed by atoms with Gasteiger partial charge in [-0.05, 0) is 5.56 Å². The smallest absolute Gasteiger partial charge is 0.303 e. The fraction of sp³-hybridized carbons (Fsp3) is 0.381. The summed E-state index contributed by atoms with van der Waals surface area (Å²) in [6.07, 6.45) is -1.73. The topological polar surface area (TPSA) is 63.2 Å². The van der Waals surface area contributed by atoms with Gasteiger partial charge in [-0.2, -0.15) is 0 Å². The van der Waals surface area contributed by atoms with Crippen LogP contribution in [0.15, 0.2) is 60.7 Å². The Labute approximate surface area is 168 Å². The number of benzene rings is 2. The first kappa shape index (κ1) is 19.4. The molecule has 2 aromatic rings. The van der Waals surface area contributed by atoms with E-state index in [9.17, 15) is 4.79 Å². The lowest BCUT2D eigenvalue weighted by molar-refractivity contribution is -0.286. The van der Waals surface area contributed by atoms with Crippen LogP contribution in [0.3, 0.4) is 0 Å². The largest absolute Gasteiger partial charge is 0.446 e. The minimum Gasteiger partial charge on any atom is -0.446 e. The van der Waals surface area contributed by atoms with Crippen molar-refractivity contribution in [2.75, 3.05) is 6.61 Å². The molecule has 0 bridgehead atoms. The zero-order chi connectivity index (χ0) is 19.3. The molecule has 5 atom stereocenters. The molecule has 2 aromatic carbocycles. The maximum absolute atomic E-state index is 11.6. The number of carbonyl (C=O) groups excluding carboxylic acids is 1. The second-order valence-electron chi connectivity index (χ2n) is 6.65. The van der Waals surface area contributed by atoms with E-state index in [1.165, 1.54) is 6.92 Å². The van der Waals surface area contributed by atoms with Crippen molar-refractivity contribution in [1.29, 1.82) is 0 Å². The maximum Gasteiger partial charge on any atom is 0.303 e. The Morgan fingerprint density at radius 2 is 1.82 bits per heavy atom. The molecule has 0 aromatic heterocycles. The standard InChI is InChI=1S/C21H22O6S/c1-14(22)25-21-19(23-12-15-8-4-2-5-9-15)18-17(27-28-21)13-24-20(26-18)16-10-6-3-7-11-16/h2-11,17-21H,12-13H2,1H3/t17?,18-,19?,20?,21-/m1/s1. The molecule has 0 N–H and O–H groups in total. The number of hydrogen-bond acceptors (Lipinski definition) is 7. The van der Waals surface area contributed by atoms with E-state index in [0.29, 0.717) is 13.2 Å². The highest BCUT2D eigenvalue weighted by atomic mass is 32.2. The fourth-order valence-corrected chi connectivity index (χ4v) is 4.16. The Morgan fingerprint density at radius 1 is 1.11 bits per heavy atom. The van der Waals surface area contributed by atoms with Crippen LogP contribution in [-0.4, -0.2) is 36.3 Å². The highest BCUT2D eigenvalue weighted by Crippen LogP contribution is 2.39. The monoisotopic (exact) mass is 402 g/mol. The van der Waals surface area contributed by atoms with Crippen LogP contribution in [0.4, 0.5) is 0 Å². The summed E-state index contributed by atoms with van der Waals surface area (Å²) in [5, 5.41) is 0.